The van der Waals surface area contributed by atoms with Crippen LogP contribution in [0.2, 0.25) is 0 Å². The number of likely N-dealkylation sites (tertiary alicyclic amines) is 1. The number of aromatic carboxylic acids is 1. The van der Waals surface area contributed by atoms with Gasteiger partial charge in [0.25, 0.3) is 0 Å². The smallest absolute Gasteiger partial charge is 0.389 e. The number of hydrogen-bond donors (Lipinski definition) is 1. The van der Waals surface area contributed by atoms with Gasteiger partial charge in [-0.1, -0.05) is 19.1 Å². The molecule has 0 bridgehead atoms. The highest BCUT2D eigenvalue weighted by Crippen LogP contribution is 2.40. The largest absolute Gasteiger partial charge is 0.478 e. The van der Waals surface area contributed by atoms with Gasteiger partial charge in [-0.15, -0.1) is 0 Å². The van der Waals surface area contributed by atoms with Crippen LogP contribution in [0, 0.1) is 5.41 Å². The Bertz CT molecular complexity index is 490. The minimum Gasteiger partial charge on any atom is -0.478 e. The van der Waals surface area contributed by atoms with E-state index in [2.05, 4.69) is 0 Å². The fourth-order valence-electron chi connectivity index (χ4n) is 2.75. The van der Waals surface area contributed by atoms with E-state index in [4.69, 9.17) is 5.11 Å². The van der Waals surface area contributed by atoms with E-state index in [0.717, 1.165) is 5.56 Å². The van der Waals surface area contributed by atoms with Crippen LogP contribution >= 0.6 is 0 Å². The molecule has 0 spiro atoms. The first kappa shape index (κ1) is 14.8. The van der Waals surface area contributed by atoms with Crippen LogP contribution in [0.15, 0.2) is 24.3 Å². The third-order valence-electron chi connectivity index (χ3n) is 3.44. The maximum Gasteiger partial charge on any atom is 0.389 e. The second kappa shape index (κ2) is 5.09. The normalized spacial score (nSPS) is 18.6. The van der Waals surface area contributed by atoms with Crippen molar-refractivity contribution in [2.75, 3.05) is 13.1 Å². The highest BCUT2D eigenvalue weighted by molar-refractivity contribution is 5.87. The van der Waals surface area contributed by atoms with Gasteiger partial charge in [-0.3, -0.25) is 4.90 Å². The van der Waals surface area contributed by atoms with Crippen molar-refractivity contribution in [2.45, 2.75) is 26.1 Å². The van der Waals surface area contributed by atoms with Gasteiger partial charge in [-0.05, 0) is 17.7 Å². The van der Waals surface area contributed by atoms with E-state index in [1.807, 2.05) is 4.90 Å². The lowest BCUT2D eigenvalue weighted by atomic mass is 9.78. The molecule has 20 heavy (non-hydrogen) atoms. The third kappa shape index (κ3) is 3.72. The molecular weight excluding hydrogens is 271 g/mol. The van der Waals surface area contributed by atoms with Gasteiger partial charge < -0.3 is 5.11 Å². The molecule has 1 saturated heterocycles. The molecule has 0 amide bonds. The molecule has 110 valence electrons. The molecule has 1 aromatic carbocycles. The highest BCUT2D eigenvalue weighted by Gasteiger charge is 2.46. The summed E-state index contributed by atoms with van der Waals surface area (Å²) in [5.74, 6) is -0.988. The van der Waals surface area contributed by atoms with Crippen LogP contribution in [0.1, 0.15) is 29.3 Å². The number of carboxylic acids is 1. The molecule has 1 heterocycles. The van der Waals surface area contributed by atoms with E-state index in [0.29, 0.717) is 19.6 Å². The van der Waals surface area contributed by atoms with Gasteiger partial charge in [0.2, 0.25) is 0 Å². The van der Waals surface area contributed by atoms with Crippen LogP contribution in [0.3, 0.4) is 0 Å². The summed E-state index contributed by atoms with van der Waals surface area (Å²) in [5.41, 5.74) is 0.419. The molecule has 6 heteroatoms. The van der Waals surface area contributed by atoms with E-state index in [-0.39, 0.29) is 5.56 Å². The van der Waals surface area contributed by atoms with Crippen molar-refractivity contribution in [3.8, 4) is 0 Å². The molecule has 1 N–H and O–H groups in total. The third-order valence-corrected chi connectivity index (χ3v) is 3.44. The number of rotatable bonds is 4. The summed E-state index contributed by atoms with van der Waals surface area (Å²) >= 11 is 0. The average molecular weight is 287 g/mol. The summed E-state index contributed by atoms with van der Waals surface area (Å²) in [4.78, 5) is 12.6. The Morgan fingerprint density at radius 1 is 1.30 bits per heavy atom. The molecule has 0 aromatic heterocycles. The van der Waals surface area contributed by atoms with Crippen molar-refractivity contribution in [3.63, 3.8) is 0 Å². The second-order valence-corrected chi connectivity index (χ2v) is 5.75. The molecule has 1 aliphatic heterocycles. The van der Waals surface area contributed by atoms with Crippen molar-refractivity contribution in [1.29, 1.82) is 0 Å². The Balaban J connectivity index is 1.87. The Hall–Kier alpha value is -1.56. The Morgan fingerprint density at radius 3 is 2.30 bits per heavy atom. The molecule has 1 fully saturated rings. The maximum atomic E-state index is 12.4. The number of alkyl halides is 3. The van der Waals surface area contributed by atoms with Gasteiger partial charge in [0, 0.05) is 25.0 Å². The van der Waals surface area contributed by atoms with Crippen LogP contribution in [-0.2, 0) is 6.54 Å². The molecular formula is C14H16F3NO2. The second-order valence-electron chi connectivity index (χ2n) is 5.75. The van der Waals surface area contributed by atoms with Gasteiger partial charge in [-0.25, -0.2) is 4.79 Å². The van der Waals surface area contributed by atoms with E-state index in [1.54, 1.807) is 19.1 Å². The molecule has 2 rings (SSSR count). The van der Waals surface area contributed by atoms with Gasteiger partial charge >= 0.3 is 12.1 Å². The number of hydrogen-bond acceptors (Lipinski definition) is 2. The predicted octanol–water partition coefficient (Wildman–Crippen LogP) is 3.16. The first-order valence-corrected chi connectivity index (χ1v) is 6.28. The lowest BCUT2D eigenvalue weighted by Gasteiger charge is -2.48. The molecule has 0 unspecified atom stereocenters. The molecule has 0 aliphatic carbocycles. The molecule has 1 aliphatic rings. The fraction of sp³-hybridized carbons (Fsp3) is 0.500. The summed E-state index contributed by atoms with van der Waals surface area (Å²) in [5, 5.41) is 8.77. The minimum absolute atomic E-state index is 0.208. The fourth-order valence-corrected chi connectivity index (χ4v) is 2.75. The summed E-state index contributed by atoms with van der Waals surface area (Å²) in [6, 6.07) is 6.41. The predicted molar refractivity (Wildman–Crippen MR) is 67.5 cm³/mol. The molecule has 0 radical (unpaired) electrons. The number of benzene rings is 1. The van der Waals surface area contributed by atoms with Gasteiger partial charge in [0.15, 0.2) is 0 Å². The van der Waals surface area contributed by atoms with Gasteiger partial charge in [0.05, 0.1) is 12.0 Å². The van der Waals surface area contributed by atoms with Crippen molar-refractivity contribution < 1.29 is 23.1 Å². The van der Waals surface area contributed by atoms with Crippen LogP contribution in [-0.4, -0.2) is 35.2 Å². The van der Waals surface area contributed by atoms with Crippen LogP contribution in [0.5, 0.6) is 0 Å². The summed E-state index contributed by atoms with van der Waals surface area (Å²) < 4.78 is 37.1. The maximum absolute atomic E-state index is 12.4. The standard InChI is InChI=1S/C14H16F3NO2/c1-13(7-14(15,16)17)8-18(9-13)6-10-2-4-11(5-3-10)12(19)20/h2-5H,6-9H2,1H3,(H,19,20). The molecule has 1 aromatic rings. The van der Waals surface area contributed by atoms with Crippen LogP contribution in [0.4, 0.5) is 13.2 Å². The van der Waals surface area contributed by atoms with Gasteiger partial charge in [-0.2, -0.15) is 13.2 Å². The number of nitrogens with zero attached hydrogens (tertiary/aromatic N) is 1. The summed E-state index contributed by atoms with van der Waals surface area (Å²) in [7, 11) is 0. The monoisotopic (exact) mass is 287 g/mol. The average Bonchev–Trinajstić information content (AvgIpc) is 2.25. The van der Waals surface area contributed by atoms with Crippen LogP contribution in [0.25, 0.3) is 0 Å². The molecule has 0 atom stereocenters. The first-order chi connectivity index (χ1) is 9.17. The van der Waals surface area contributed by atoms with Crippen molar-refractivity contribution >= 4 is 5.97 Å². The number of halogens is 3. The zero-order valence-electron chi connectivity index (χ0n) is 11.1. The molecule has 0 saturated carbocycles. The zero-order chi connectivity index (χ0) is 15.0. The number of carboxylic acid groups (broad SMARTS) is 1. The topological polar surface area (TPSA) is 40.5 Å². The van der Waals surface area contributed by atoms with Crippen molar-refractivity contribution in [3.05, 3.63) is 35.4 Å². The summed E-state index contributed by atoms with van der Waals surface area (Å²) in [6.07, 6.45) is -4.88. The summed E-state index contributed by atoms with van der Waals surface area (Å²) in [6.45, 7) is 3.01. The lowest BCUT2D eigenvalue weighted by Crippen LogP contribution is -2.55. The van der Waals surface area contributed by atoms with Gasteiger partial charge in [0.1, 0.15) is 0 Å². The van der Waals surface area contributed by atoms with E-state index in [1.165, 1.54) is 12.1 Å². The minimum atomic E-state index is -4.12. The first-order valence-electron chi connectivity index (χ1n) is 6.28. The quantitative estimate of drug-likeness (QED) is 0.924. The van der Waals surface area contributed by atoms with E-state index in [9.17, 15) is 18.0 Å². The zero-order valence-corrected chi connectivity index (χ0v) is 11.1. The van der Waals surface area contributed by atoms with Crippen molar-refractivity contribution in [2.24, 2.45) is 5.41 Å². The Morgan fingerprint density at radius 2 is 1.85 bits per heavy atom. The van der Waals surface area contributed by atoms with E-state index < -0.39 is 24.0 Å². The molecule has 3 nitrogen and oxygen atoms in total. The van der Waals surface area contributed by atoms with Crippen LogP contribution < -0.4 is 0 Å². The Labute approximate surface area is 115 Å². The lowest BCUT2D eigenvalue weighted by molar-refractivity contribution is -0.177. The Kier molecular flexibility index (Phi) is 3.77. The highest BCUT2D eigenvalue weighted by atomic mass is 19.4. The van der Waals surface area contributed by atoms with E-state index >= 15 is 0 Å². The SMILES string of the molecule is CC1(CC(F)(F)F)CN(Cc2ccc(C(=O)O)cc2)C1. The number of carbonyl (C=O) groups is 1. The van der Waals surface area contributed by atoms with Crippen molar-refractivity contribution in [1.82, 2.24) is 4.90 Å².